The van der Waals surface area contributed by atoms with Gasteiger partial charge in [0.1, 0.15) is 4.60 Å². The van der Waals surface area contributed by atoms with Gasteiger partial charge >= 0.3 is 0 Å². The lowest BCUT2D eigenvalue weighted by Crippen LogP contribution is -2.29. The number of hydrogen-bond acceptors (Lipinski definition) is 5. The van der Waals surface area contributed by atoms with E-state index < -0.39 is 0 Å². The molecule has 0 aliphatic heterocycles. The molecule has 1 aliphatic carbocycles. The number of methoxy groups -OCH3 is 1. The average Bonchev–Trinajstić information content (AvgIpc) is 2.35. The molecule has 0 unspecified atom stereocenters. The summed E-state index contributed by atoms with van der Waals surface area (Å²) >= 11 is 3.29. The molecular weight excluding hydrogens is 284 g/mol. The molecule has 94 valence electrons. The molecule has 17 heavy (non-hydrogen) atoms. The van der Waals surface area contributed by atoms with Crippen LogP contribution in [0.4, 0.5) is 11.6 Å². The standard InChI is InChI=1S/C11H17BrN4O/c1-17-8-4-2-7(3-5-8)15-11-10(13)14-6-9(12)16-11/h6-8H,2-5H2,1H3,(H2,13,14)(H,15,16)/t7-,8-. The van der Waals surface area contributed by atoms with Gasteiger partial charge in [-0.3, -0.25) is 0 Å². The van der Waals surface area contributed by atoms with Crippen LogP contribution in [0.2, 0.25) is 0 Å². The van der Waals surface area contributed by atoms with Crippen molar-refractivity contribution in [1.82, 2.24) is 9.97 Å². The van der Waals surface area contributed by atoms with Crippen LogP contribution in [0.3, 0.4) is 0 Å². The van der Waals surface area contributed by atoms with E-state index in [0.717, 1.165) is 25.7 Å². The highest BCUT2D eigenvalue weighted by Crippen LogP contribution is 2.25. The molecule has 6 heteroatoms. The Labute approximate surface area is 109 Å². The predicted molar refractivity (Wildman–Crippen MR) is 70.8 cm³/mol. The van der Waals surface area contributed by atoms with Crippen molar-refractivity contribution in [2.45, 2.75) is 37.8 Å². The number of nitrogens with one attached hydrogen (secondary N) is 1. The largest absolute Gasteiger partial charge is 0.381 e. The fourth-order valence-corrected chi connectivity index (χ4v) is 2.40. The van der Waals surface area contributed by atoms with Gasteiger partial charge in [-0.1, -0.05) is 0 Å². The van der Waals surface area contributed by atoms with Crippen molar-refractivity contribution >= 4 is 27.6 Å². The Balaban J connectivity index is 1.95. The summed E-state index contributed by atoms with van der Waals surface area (Å²) in [6, 6.07) is 0.410. The van der Waals surface area contributed by atoms with Crippen molar-refractivity contribution in [3.63, 3.8) is 0 Å². The molecule has 1 fully saturated rings. The number of ether oxygens (including phenoxy) is 1. The summed E-state index contributed by atoms with van der Waals surface area (Å²) < 4.78 is 6.04. The van der Waals surface area contributed by atoms with E-state index in [4.69, 9.17) is 10.5 Å². The van der Waals surface area contributed by atoms with Crippen molar-refractivity contribution in [3.8, 4) is 0 Å². The fraction of sp³-hybridized carbons (Fsp3) is 0.636. The smallest absolute Gasteiger partial charge is 0.170 e. The Hall–Kier alpha value is -0.880. The SMILES string of the molecule is CO[C@H]1CC[C@H](Nc2nc(Br)cnc2N)CC1. The van der Waals surface area contributed by atoms with Gasteiger partial charge < -0.3 is 15.8 Å². The van der Waals surface area contributed by atoms with Gasteiger partial charge in [0, 0.05) is 13.2 Å². The van der Waals surface area contributed by atoms with Crippen molar-refractivity contribution < 1.29 is 4.74 Å². The summed E-state index contributed by atoms with van der Waals surface area (Å²) in [7, 11) is 1.77. The number of nitrogens with zero attached hydrogens (tertiary/aromatic N) is 2. The summed E-state index contributed by atoms with van der Waals surface area (Å²) in [5, 5.41) is 3.35. The van der Waals surface area contributed by atoms with Crippen LogP contribution in [0.5, 0.6) is 0 Å². The lowest BCUT2D eigenvalue weighted by molar-refractivity contribution is 0.0681. The number of anilines is 2. The van der Waals surface area contributed by atoms with Crippen LogP contribution < -0.4 is 11.1 Å². The zero-order valence-corrected chi connectivity index (χ0v) is 11.4. The molecule has 2 rings (SSSR count). The number of hydrogen-bond donors (Lipinski definition) is 2. The number of aromatic nitrogens is 2. The van der Waals surface area contributed by atoms with Gasteiger partial charge in [0.25, 0.3) is 0 Å². The molecule has 1 heterocycles. The van der Waals surface area contributed by atoms with Gasteiger partial charge in [-0.2, -0.15) is 0 Å². The van der Waals surface area contributed by atoms with Crippen LogP contribution in [0.25, 0.3) is 0 Å². The predicted octanol–water partition coefficient (Wildman–Crippen LogP) is 2.19. The topological polar surface area (TPSA) is 73.1 Å². The van der Waals surface area contributed by atoms with Crippen LogP contribution in [0, 0.1) is 0 Å². The van der Waals surface area contributed by atoms with Crippen LogP contribution in [-0.2, 0) is 4.74 Å². The van der Waals surface area contributed by atoms with E-state index in [2.05, 4.69) is 31.2 Å². The first-order valence-electron chi connectivity index (χ1n) is 5.76. The van der Waals surface area contributed by atoms with E-state index in [1.54, 1.807) is 13.3 Å². The Kier molecular flexibility index (Phi) is 4.17. The molecular formula is C11H17BrN4O. The van der Waals surface area contributed by atoms with Crippen LogP contribution in [0.1, 0.15) is 25.7 Å². The van der Waals surface area contributed by atoms with Gasteiger partial charge in [-0.05, 0) is 41.6 Å². The van der Waals surface area contributed by atoms with Gasteiger partial charge in [-0.15, -0.1) is 0 Å². The zero-order valence-electron chi connectivity index (χ0n) is 9.82. The molecule has 5 nitrogen and oxygen atoms in total. The van der Waals surface area contributed by atoms with Gasteiger partial charge in [0.15, 0.2) is 11.6 Å². The monoisotopic (exact) mass is 300 g/mol. The third-order valence-corrected chi connectivity index (χ3v) is 3.50. The Bertz CT molecular complexity index is 380. The highest BCUT2D eigenvalue weighted by molar-refractivity contribution is 9.10. The van der Waals surface area contributed by atoms with E-state index >= 15 is 0 Å². The molecule has 1 saturated carbocycles. The number of nitrogen functional groups attached to an aromatic ring is 1. The second kappa shape index (κ2) is 5.64. The average molecular weight is 301 g/mol. The number of halogens is 1. The summed E-state index contributed by atoms with van der Waals surface area (Å²) in [4.78, 5) is 8.35. The lowest BCUT2D eigenvalue weighted by Gasteiger charge is -2.28. The molecule has 0 bridgehead atoms. The second-order valence-corrected chi connectivity index (χ2v) is 5.09. The quantitative estimate of drug-likeness (QED) is 0.895. The fourth-order valence-electron chi connectivity index (χ4n) is 2.12. The van der Waals surface area contributed by atoms with Crippen molar-refractivity contribution in [2.75, 3.05) is 18.2 Å². The summed E-state index contributed by atoms with van der Waals surface area (Å²) in [5.74, 6) is 1.11. The highest BCUT2D eigenvalue weighted by Gasteiger charge is 2.21. The van der Waals surface area contributed by atoms with Gasteiger partial charge in [0.05, 0.1) is 12.3 Å². The highest BCUT2D eigenvalue weighted by atomic mass is 79.9. The van der Waals surface area contributed by atoms with Crippen LogP contribution in [0.15, 0.2) is 10.8 Å². The molecule has 0 radical (unpaired) electrons. The first kappa shape index (κ1) is 12.6. The summed E-state index contributed by atoms with van der Waals surface area (Å²) in [6.07, 6.45) is 6.31. The number of rotatable bonds is 3. The molecule has 0 atom stereocenters. The first-order chi connectivity index (χ1) is 8.19. The summed E-state index contributed by atoms with van der Waals surface area (Å²) in [5.41, 5.74) is 5.78. The van der Waals surface area contributed by atoms with E-state index in [1.807, 2.05) is 0 Å². The molecule has 0 aromatic carbocycles. The molecule has 1 aliphatic rings. The molecule has 0 amide bonds. The Morgan fingerprint density at radius 1 is 1.41 bits per heavy atom. The van der Waals surface area contributed by atoms with Gasteiger partial charge in [-0.25, -0.2) is 9.97 Å². The minimum absolute atomic E-state index is 0.402. The zero-order chi connectivity index (χ0) is 12.3. The van der Waals surface area contributed by atoms with Gasteiger partial charge in [0.2, 0.25) is 0 Å². The normalized spacial score (nSPS) is 24.6. The Morgan fingerprint density at radius 3 is 2.76 bits per heavy atom. The molecule has 3 N–H and O–H groups in total. The minimum atomic E-state index is 0.402. The van der Waals surface area contributed by atoms with E-state index in [-0.39, 0.29) is 0 Å². The molecule has 0 spiro atoms. The lowest BCUT2D eigenvalue weighted by atomic mass is 9.93. The van der Waals surface area contributed by atoms with Crippen molar-refractivity contribution in [2.24, 2.45) is 0 Å². The van der Waals surface area contributed by atoms with Crippen molar-refractivity contribution in [1.29, 1.82) is 0 Å². The van der Waals surface area contributed by atoms with Crippen LogP contribution >= 0.6 is 15.9 Å². The van der Waals surface area contributed by atoms with Crippen molar-refractivity contribution in [3.05, 3.63) is 10.8 Å². The maximum atomic E-state index is 5.78. The number of nitrogens with two attached hydrogens (primary N) is 1. The first-order valence-corrected chi connectivity index (χ1v) is 6.55. The molecule has 0 saturated heterocycles. The minimum Gasteiger partial charge on any atom is -0.381 e. The van der Waals surface area contributed by atoms with E-state index in [0.29, 0.717) is 28.4 Å². The summed E-state index contributed by atoms with van der Waals surface area (Å²) in [6.45, 7) is 0. The third kappa shape index (κ3) is 3.29. The van der Waals surface area contributed by atoms with Crippen LogP contribution in [-0.4, -0.2) is 29.2 Å². The maximum absolute atomic E-state index is 5.78. The molecule has 1 aromatic rings. The Morgan fingerprint density at radius 2 is 2.12 bits per heavy atom. The maximum Gasteiger partial charge on any atom is 0.170 e. The second-order valence-electron chi connectivity index (χ2n) is 4.28. The van der Waals surface area contributed by atoms with E-state index in [1.165, 1.54) is 0 Å². The van der Waals surface area contributed by atoms with E-state index in [9.17, 15) is 0 Å². The molecule has 1 aromatic heterocycles. The third-order valence-electron chi connectivity index (χ3n) is 3.12.